The Balaban J connectivity index is 0.00000341. The zero-order valence-corrected chi connectivity index (χ0v) is 22.2. The molecule has 0 fully saturated rings. The van der Waals surface area contributed by atoms with Gasteiger partial charge in [-0.2, -0.15) is 0 Å². The van der Waals surface area contributed by atoms with Crippen LogP contribution in [0.3, 0.4) is 0 Å². The summed E-state index contributed by atoms with van der Waals surface area (Å²) in [4.78, 5) is 0. The van der Waals surface area contributed by atoms with Crippen LogP contribution in [-0.2, 0) is 19.3 Å². The first-order valence-corrected chi connectivity index (χ1v) is 12.4. The van der Waals surface area contributed by atoms with Gasteiger partial charge in [-0.05, 0) is 60.4 Å². The average molecular weight is 545 g/mol. The molecule has 0 nitrogen and oxygen atoms in total. The van der Waals surface area contributed by atoms with Crippen LogP contribution in [0.1, 0.15) is 55.2 Å². The molecule has 3 aromatic rings. The summed E-state index contributed by atoms with van der Waals surface area (Å²) < 4.78 is 0. The van der Waals surface area contributed by atoms with Gasteiger partial charge in [0.1, 0.15) is 0 Å². The molecule has 0 N–H and O–H groups in total. The summed E-state index contributed by atoms with van der Waals surface area (Å²) in [5.74, 6) is 0. The third-order valence-corrected chi connectivity index (χ3v) is 6.59. The third-order valence-electron chi connectivity index (χ3n) is 6.18. The Morgan fingerprint density at radius 2 is 0.839 bits per heavy atom. The Bertz CT molecular complexity index is 716. The highest BCUT2D eigenvalue weighted by atomic mass is 127. The number of unbranched alkanes of at least 4 members (excludes halogenated alkanes) is 4. The quantitative estimate of drug-likeness (QED) is 0.115. The van der Waals surface area contributed by atoms with E-state index in [1.54, 1.807) is 0 Å². The fraction of sp³-hybridized carbons (Fsp3) is 0.379. The van der Waals surface area contributed by atoms with Crippen LogP contribution >= 0.6 is 33.2 Å². The first kappa shape index (κ1) is 26.1. The molecule has 0 radical (unpaired) electrons. The molecule has 0 saturated carbocycles. The molecule has 166 valence electrons. The summed E-state index contributed by atoms with van der Waals surface area (Å²) >= 11 is 0. The van der Waals surface area contributed by atoms with Gasteiger partial charge in [-0.3, -0.25) is 0 Å². The molecule has 0 amide bonds. The Morgan fingerprint density at radius 3 is 1.23 bits per heavy atom. The smallest absolute Gasteiger partial charge is 0.0176 e. The van der Waals surface area contributed by atoms with E-state index in [1.165, 1.54) is 61.4 Å². The zero-order valence-electron chi connectivity index (χ0n) is 18.7. The highest BCUT2D eigenvalue weighted by Gasteiger charge is 2.30. The molecule has 31 heavy (non-hydrogen) atoms. The van der Waals surface area contributed by atoms with Crippen molar-refractivity contribution in [3.63, 3.8) is 0 Å². The van der Waals surface area contributed by atoms with Crippen LogP contribution in [0.25, 0.3) is 0 Å². The zero-order chi connectivity index (χ0) is 20.9. The second-order valence-electron chi connectivity index (χ2n) is 8.79. The van der Waals surface area contributed by atoms with Gasteiger partial charge in [0.2, 0.25) is 0 Å². The standard InChI is InChI=1S/C29H37P.HI/c30-22-14-3-1-2-13-21-29(23-26-15-7-4-8-16-26,24-27-17-9-5-10-18-27)25-28-19-11-6-12-20-28;/h4-12,15-20H,1-3,13-14,21-25,30H2;1H. The second-order valence-corrected chi connectivity index (χ2v) is 9.37. The lowest BCUT2D eigenvalue weighted by atomic mass is 9.69. The molecule has 2 heteroatoms. The van der Waals surface area contributed by atoms with Gasteiger partial charge in [0, 0.05) is 0 Å². The SMILES string of the molecule is I.PCCCCCCCC(Cc1ccccc1)(Cc1ccccc1)Cc1ccccc1. The predicted molar refractivity (Wildman–Crippen MR) is 151 cm³/mol. The first-order valence-electron chi connectivity index (χ1n) is 11.6. The fourth-order valence-corrected chi connectivity index (χ4v) is 5.00. The minimum Gasteiger partial charge on any atom is -0.138 e. The molecule has 0 heterocycles. The molecule has 3 rings (SSSR count). The van der Waals surface area contributed by atoms with Crippen LogP contribution in [0.4, 0.5) is 0 Å². The maximum Gasteiger partial charge on any atom is -0.0176 e. The molecule has 0 aliphatic carbocycles. The molecule has 0 aromatic heterocycles. The van der Waals surface area contributed by atoms with Crippen molar-refractivity contribution in [1.29, 1.82) is 0 Å². The lowest BCUT2D eigenvalue weighted by Crippen LogP contribution is -2.30. The van der Waals surface area contributed by atoms with Crippen molar-refractivity contribution in [2.24, 2.45) is 5.41 Å². The van der Waals surface area contributed by atoms with Crippen LogP contribution in [0.15, 0.2) is 91.0 Å². The van der Waals surface area contributed by atoms with E-state index in [1.807, 2.05) is 0 Å². The van der Waals surface area contributed by atoms with E-state index >= 15 is 0 Å². The largest absolute Gasteiger partial charge is 0.138 e. The Hall–Kier alpha value is -1.18. The molecule has 1 atom stereocenters. The number of halogens is 1. The van der Waals surface area contributed by atoms with Gasteiger partial charge >= 0.3 is 0 Å². The Kier molecular flexibility index (Phi) is 12.4. The van der Waals surface area contributed by atoms with Crippen LogP contribution in [0, 0.1) is 5.41 Å². The van der Waals surface area contributed by atoms with E-state index < -0.39 is 0 Å². The summed E-state index contributed by atoms with van der Waals surface area (Å²) in [6, 6.07) is 33.4. The van der Waals surface area contributed by atoms with Crippen LogP contribution < -0.4 is 0 Å². The minimum absolute atomic E-state index is 0. The molecule has 3 aromatic carbocycles. The first-order chi connectivity index (χ1) is 14.8. The predicted octanol–water partition coefficient (Wildman–Crippen LogP) is 8.53. The third kappa shape index (κ3) is 9.46. The van der Waals surface area contributed by atoms with E-state index in [0.717, 1.165) is 19.3 Å². The van der Waals surface area contributed by atoms with E-state index in [-0.39, 0.29) is 29.4 Å². The fourth-order valence-electron chi connectivity index (χ4n) is 4.71. The van der Waals surface area contributed by atoms with Crippen molar-refractivity contribution in [1.82, 2.24) is 0 Å². The molecule has 0 aliphatic rings. The molecular formula is C29H38IP. The van der Waals surface area contributed by atoms with Crippen molar-refractivity contribution in [3.8, 4) is 0 Å². The summed E-state index contributed by atoms with van der Waals surface area (Å²) in [5.41, 5.74) is 4.65. The van der Waals surface area contributed by atoms with Gasteiger partial charge in [-0.1, -0.05) is 117 Å². The normalized spacial score (nSPS) is 11.1. The van der Waals surface area contributed by atoms with Crippen molar-refractivity contribution in [2.75, 3.05) is 6.16 Å². The number of rotatable bonds is 13. The summed E-state index contributed by atoms with van der Waals surface area (Å²) in [6.07, 6.45) is 12.7. The maximum absolute atomic E-state index is 2.86. The number of benzene rings is 3. The monoisotopic (exact) mass is 544 g/mol. The highest BCUT2D eigenvalue weighted by Crippen LogP contribution is 2.37. The average Bonchev–Trinajstić information content (AvgIpc) is 2.78. The van der Waals surface area contributed by atoms with Crippen LogP contribution in [-0.4, -0.2) is 6.16 Å². The minimum atomic E-state index is 0. The van der Waals surface area contributed by atoms with Crippen molar-refractivity contribution in [2.45, 2.75) is 57.8 Å². The molecule has 0 spiro atoms. The lowest BCUT2D eigenvalue weighted by molar-refractivity contribution is 0.243. The summed E-state index contributed by atoms with van der Waals surface area (Å²) in [5, 5.41) is 0. The highest BCUT2D eigenvalue weighted by molar-refractivity contribution is 14.0. The van der Waals surface area contributed by atoms with Crippen molar-refractivity contribution < 1.29 is 0 Å². The topological polar surface area (TPSA) is 0 Å². The van der Waals surface area contributed by atoms with Gasteiger partial charge in [-0.25, -0.2) is 0 Å². The van der Waals surface area contributed by atoms with Crippen molar-refractivity contribution in [3.05, 3.63) is 108 Å². The number of hydrogen-bond acceptors (Lipinski definition) is 0. The van der Waals surface area contributed by atoms with E-state index in [9.17, 15) is 0 Å². The molecule has 0 bridgehead atoms. The Morgan fingerprint density at radius 1 is 0.484 bits per heavy atom. The van der Waals surface area contributed by atoms with Gasteiger partial charge in [0.05, 0.1) is 0 Å². The van der Waals surface area contributed by atoms with E-state index in [2.05, 4.69) is 100 Å². The lowest BCUT2D eigenvalue weighted by Gasteiger charge is -2.35. The Labute approximate surface area is 209 Å². The van der Waals surface area contributed by atoms with Gasteiger partial charge < -0.3 is 0 Å². The molecule has 1 unspecified atom stereocenters. The second kappa shape index (κ2) is 14.8. The molecular weight excluding hydrogens is 506 g/mol. The number of hydrogen-bond donors (Lipinski definition) is 0. The van der Waals surface area contributed by atoms with Crippen molar-refractivity contribution >= 4 is 33.2 Å². The maximum atomic E-state index is 2.86. The van der Waals surface area contributed by atoms with E-state index in [4.69, 9.17) is 0 Å². The molecule has 0 saturated heterocycles. The van der Waals surface area contributed by atoms with Gasteiger partial charge in [0.25, 0.3) is 0 Å². The van der Waals surface area contributed by atoms with Gasteiger partial charge in [-0.15, -0.1) is 33.2 Å². The van der Waals surface area contributed by atoms with Gasteiger partial charge in [0.15, 0.2) is 0 Å². The van der Waals surface area contributed by atoms with Crippen LogP contribution in [0.5, 0.6) is 0 Å². The summed E-state index contributed by atoms with van der Waals surface area (Å²) in [7, 11) is 2.86. The van der Waals surface area contributed by atoms with E-state index in [0.29, 0.717) is 0 Å². The molecule has 0 aliphatic heterocycles. The summed E-state index contributed by atoms with van der Waals surface area (Å²) in [6.45, 7) is 0. The van der Waals surface area contributed by atoms with Crippen LogP contribution in [0.2, 0.25) is 0 Å².